The maximum absolute atomic E-state index is 12.8. The lowest BCUT2D eigenvalue weighted by Crippen LogP contribution is -2.60. The van der Waals surface area contributed by atoms with Gasteiger partial charge in [-0.2, -0.15) is 8.42 Å². The van der Waals surface area contributed by atoms with Gasteiger partial charge in [-0.05, 0) is 51.4 Å². The molecule has 1 aliphatic heterocycles. The summed E-state index contributed by atoms with van der Waals surface area (Å²) in [7, 11) is -4.61. The number of unbranched alkanes of at least 4 members (excludes halogenated alkanes) is 11. The van der Waals surface area contributed by atoms with Crippen LogP contribution in [0.15, 0.2) is 72.9 Å². The molecular formula is C46H76O12S. The lowest BCUT2D eigenvalue weighted by atomic mass is 10.00. The molecular weight excluding hydrogens is 777 g/mol. The van der Waals surface area contributed by atoms with Crippen LogP contribution >= 0.6 is 0 Å². The van der Waals surface area contributed by atoms with Crippen LogP contribution in [0.3, 0.4) is 0 Å². The first-order valence-electron chi connectivity index (χ1n) is 22.0. The molecule has 0 saturated carbocycles. The van der Waals surface area contributed by atoms with Crippen LogP contribution in [0.1, 0.15) is 149 Å². The zero-order chi connectivity index (χ0) is 43.4. The third kappa shape index (κ3) is 30.7. The zero-order valence-electron chi connectivity index (χ0n) is 35.8. The number of rotatable bonds is 35. The van der Waals surface area contributed by atoms with Crippen molar-refractivity contribution in [3.8, 4) is 0 Å². The van der Waals surface area contributed by atoms with Gasteiger partial charge in [0.05, 0.1) is 6.61 Å². The molecule has 1 heterocycles. The molecule has 0 radical (unpaired) electrons. The van der Waals surface area contributed by atoms with Crippen LogP contribution in [0.25, 0.3) is 0 Å². The molecule has 6 atom stereocenters. The molecule has 1 fully saturated rings. The number of aliphatic hydroxyl groups is 3. The van der Waals surface area contributed by atoms with E-state index in [2.05, 4.69) is 68.5 Å². The molecule has 0 aliphatic carbocycles. The Bertz CT molecular complexity index is 1370. The molecule has 2 unspecified atom stereocenters. The van der Waals surface area contributed by atoms with Gasteiger partial charge in [0.15, 0.2) is 12.4 Å². The van der Waals surface area contributed by atoms with Crippen LogP contribution in [0.4, 0.5) is 0 Å². The summed E-state index contributed by atoms with van der Waals surface area (Å²) in [6.07, 6.45) is 35.3. The number of aliphatic hydroxyl groups excluding tert-OH is 3. The van der Waals surface area contributed by atoms with Crippen LogP contribution < -0.4 is 0 Å². The summed E-state index contributed by atoms with van der Waals surface area (Å²) in [6.45, 7) is 3.56. The van der Waals surface area contributed by atoms with Crippen LogP contribution in [0.2, 0.25) is 0 Å². The van der Waals surface area contributed by atoms with E-state index in [1.165, 1.54) is 51.4 Å². The molecule has 0 aromatic heterocycles. The Balaban J connectivity index is 2.53. The molecule has 1 saturated heterocycles. The topological polar surface area (TPSA) is 186 Å². The van der Waals surface area contributed by atoms with Gasteiger partial charge in [0, 0.05) is 12.8 Å². The molecule has 1 aliphatic rings. The summed E-state index contributed by atoms with van der Waals surface area (Å²) in [5, 5.41) is 30.8. The van der Waals surface area contributed by atoms with Crippen molar-refractivity contribution in [3.63, 3.8) is 0 Å². The van der Waals surface area contributed by atoms with E-state index < -0.39 is 71.2 Å². The van der Waals surface area contributed by atoms with Gasteiger partial charge in [-0.25, -0.2) is 0 Å². The molecule has 338 valence electrons. The number of carbonyl (C=O) groups excluding carboxylic acids is 2. The van der Waals surface area contributed by atoms with Crippen LogP contribution in [-0.4, -0.2) is 96.0 Å². The first-order chi connectivity index (χ1) is 28.5. The van der Waals surface area contributed by atoms with Crippen molar-refractivity contribution >= 4 is 22.1 Å². The smallest absolute Gasteiger partial charge is 0.306 e. The highest BCUT2D eigenvalue weighted by Gasteiger charge is 2.46. The average molecular weight is 853 g/mol. The molecule has 13 heteroatoms. The van der Waals surface area contributed by atoms with Gasteiger partial charge in [-0.15, -0.1) is 0 Å². The highest BCUT2D eigenvalue weighted by Crippen LogP contribution is 2.24. The van der Waals surface area contributed by atoms with Crippen LogP contribution in [0.5, 0.6) is 0 Å². The molecule has 0 spiro atoms. The fourth-order valence-electron chi connectivity index (χ4n) is 6.17. The van der Waals surface area contributed by atoms with Crippen LogP contribution in [-0.2, 0) is 38.7 Å². The molecule has 0 bridgehead atoms. The first-order valence-corrected chi connectivity index (χ1v) is 23.6. The molecule has 0 aromatic carbocycles. The lowest BCUT2D eigenvalue weighted by molar-refractivity contribution is -0.297. The van der Waals surface area contributed by atoms with E-state index >= 15 is 0 Å². The fraction of sp³-hybridized carbons (Fsp3) is 0.696. The average Bonchev–Trinajstić information content (AvgIpc) is 3.20. The Morgan fingerprint density at radius 3 is 1.56 bits per heavy atom. The minimum absolute atomic E-state index is 0.0371. The Kier molecular flexibility index (Phi) is 32.8. The van der Waals surface area contributed by atoms with Gasteiger partial charge in [-0.1, -0.05) is 157 Å². The van der Waals surface area contributed by atoms with Crippen LogP contribution in [0, 0.1) is 0 Å². The number of hydrogen-bond acceptors (Lipinski definition) is 11. The number of carbonyl (C=O) groups is 2. The van der Waals surface area contributed by atoms with Gasteiger partial charge in [0.1, 0.15) is 36.8 Å². The summed E-state index contributed by atoms with van der Waals surface area (Å²) in [4.78, 5) is 25.3. The van der Waals surface area contributed by atoms with Crippen molar-refractivity contribution in [1.29, 1.82) is 0 Å². The summed E-state index contributed by atoms with van der Waals surface area (Å²) in [5.41, 5.74) is 0. The number of esters is 2. The van der Waals surface area contributed by atoms with Gasteiger partial charge in [-0.3, -0.25) is 14.1 Å². The number of hydrogen-bond donors (Lipinski definition) is 4. The predicted octanol–water partition coefficient (Wildman–Crippen LogP) is 8.72. The molecule has 0 aromatic rings. The predicted molar refractivity (Wildman–Crippen MR) is 233 cm³/mol. The SMILES string of the molecule is CC/C=C/C/C=C/C/C=C/C/C=C/C/C=C/C/C=C/CCC(=O)O[C@H](COC(=O)CCCCCCCCCCCCCC)CO[C@H]1O[C@H](CS(=O)(=O)O)[C@@H](O)C(O)C1O. The fourth-order valence-corrected chi connectivity index (χ4v) is 6.86. The quantitative estimate of drug-likeness (QED) is 0.0206. The Morgan fingerprint density at radius 2 is 1.07 bits per heavy atom. The van der Waals surface area contributed by atoms with E-state index in [0.29, 0.717) is 19.3 Å². The van der Waals surface area contributed by atoms with E-state index in [-0.39, 0.29) is 19.4 Å². The lowest BCUT2D eigenvalue weighted by Gasteiger charge is -2.40. The zero-order valence-corrected chi connectivity index (χ0v) is 36.6. The summed E-state index contributed by atoms with van der Waals surface area (Å²) in [6, 6.07) is 0. The van der Waals surface area contributed by atoms with Gasteiger partial charge in [0.2, 0.25) is 0 Å². The molecule has 59 heavy (non-hydrogen) atoms. The van der Waals surface area contributed by atoms with Gasteiger partial charge < -0.3 is 34.3 Å². The number of allylic oxidation sites excluding steroid dienone is 12. The van der Waals surface area contributed by atoms with Crippen molar-refractivity contribution in [2.75, 3.05) is 19.0 Å². The molecule has 1 rings (SSSR count). The van der Waals surface area contributed by atoms with E-state index in [0.717, 1.165) is 51.4 Å². The summed E-state index contributed by atoms with van der Waals surface area (Å²) >= 11 is 0. The highest BCUT2D eigenvalue weighted by atomic mass is 32.2. The third-order valence-corrected chi connectivity index (χ3v) is 10.3. The van der Waals surface area contributed by atoms with E-state index in [1.54, 1.807) is 0 Å². The minimum atomic E-state index is -4.61. The molecule has 12 nitrogen and oxygen atoms in total. The summed E-state index contributed by atoms with van der Waals surface area (Å²) < 4.78 is 53.9. The van der Waals surface area contributed by atoms with Crippen molar-refractivity contribution in [2.24, 2.45) is 0 Å². The standard InChI is InChI=1S/C46H76O12S/c1-3-5-7-9-11-13-15-17-18-19-20-21-22-23-25-27-29-31-33-35-42(48)57-39(37-56-46-45(51)44(50)43(49)40(58-46)38-59(52,53)54)36-55-41(47)34-32-30-28-26-24-16-14-12-10-8-6-4-2/h5,7,11,13,17-18,20-21,23,25,29,31,39-40,43-46,49-51H,3-4,6,8-10,12,14-16,19,22,24,26-28,30,32-38H2,1-2H3,(H,52,53,54)/b7-5+,13-11+,18-17+,21-20+,25-23+,31-29+/t39-,40-,43-,44?,45?,46+/m1/s1. The van der Waals surface area contributed by atoms with E-state index in [9.17, 15) is 37.9 Å². The largest absolute Gasteiger partial charge is 0.462 e. The van der Waals surface area contributed by atoms with E-state index in [1.807, 2.05) is 18.2 Å². The van der Waals surface area contributed by atoms with Crippen molar-refractivity contribution in [2.45, 2.75) is 185 Å². The second kappa shape index (κ2) is 35.8. The third-order valence-electron chi connectivity index (χ3n) is 9.56. The second-order valence-electron chi connectivity index (χ2n) is 15.0. The Morgan fingerprint density at radius 1 is 0.593 bits per heavy atom. The maximum atomic E-state index is 12.8. The summed E-state index contributed by atoms with van der Waals surface area (Å²) in [5.74, 6) is -2.10. The number of ether oxygens (including phenoxy) is 4. The minimum Gasteiger partial charge on any atom is -0.462 e. The van der Waals surface area contributed by atoms with Crippen molar-refractivity contribution in [1.82, 2.24) is 0 Å². The molecule has 4 N–H and O–H groups in total. The van der Waals surface area contributed by atoms with Crippen molar-refractivity contribution < 1.29 is 56.8 Å². The molecule has 0 amide bonds. The maximum Gasteiger partial charge on any atom is 0.306 e. The van der Waals surface area contributed by atoms with Gasteiger partial charge >= 0.3 is 11.9 Å². The van der Waals surface area contributed by atoms with Crippen molar-refractivity contribution in [3.05, 3.63) is 72.9 Å². The van der Waals surface area contributed by atoms with Gasteiger partial charge in [0.25, 0.3) is 10.1 Å². The monoisotopic (exact) mass is 853 g/mol. The highest BCUT2D eigenvalue weighted by molar-refractivity contribution is 7.85. The van der Waals surface area contributed by atoms with E-state index in [4.69, 9.17) is 18.9 Å². The Labute approximate surface area is 355 Å². The Hall–Kier alpha value is -2.91. The second-order valence-corrected chi connectivity index (χ2v) is 16.5. The first kappa shape index (κ1) is 54.1. The normalized spacial score (nSPS) is 20.9.